The molecule has 4 saturated carbocycles. The first-order valence-electron chi connectivity index (χ1n) is 31.8. The zero-order chi connectivity index (χ0) is 64.2. The Balaban J connectivity index is 0.000000300. The smallest absolute Gasteiger partial charge is 0.329 e. The van der Waals surface area contributed by atoms with Crippen molar-refractivity contribution in [3.63, 3.8) is 0 Å². The lowest BCUT2D eigenvalue weighted by atomic mass is 9.45. The fraction of sp³-hybridized carbons (Fsp3) is 0.750. The van der Waals surface area contributed by atoms with Crippen molar-refractivity contribution >= 4 is 41.0 Å². The van der Waals surface area contributed by atoms with Gasteiger partial charge in [0.1, 0.15) is 29.6 Å². The van der Waals surface area contributed by atoms with E-state index in [0.717, 1.165) is 17.6 Å². The summed E-state index contributed by atoms with van der Waals surface area (Å²) in [5.74, 6) is -8.47. The van der Waals surface area contributed by atoms with E-state index in [1.54, 1.807) is 39.2 Å². The molecule has 0 aromatic heterocycles. The molecule has 6 fully saturated rings. The van der Waals surface area contributed by atoms with Crippen molar-refractivity contribution < 1.29 is 87.5 Å². The maximum absolute atomic E-state index is 14.3. The molecule has 0 aromatic rings. The number of hydrogen-bond acceptors (Lipinski definition) is 18. The molecular weight excluding hydrogens is 1120 g/mol. The van der Waals surface area contributed by atoms with Gasteiger partial charge < -0.3 is 58.9 Å². The molecule has 87 heavy (non-hydrogen) atoms. The van der Waals surface area contributed by atoms with Crippen LogP contribution in [0.1, 0.15) is 159 Å². The average molecular weight is 1220 g/mol. The molecule has 8 rings (SSSR count). The lowest BCUT2D eigenvalue weighted by Gasteiger charge is -2.60. The number of cyclic esters (lactones) is 1. The van der Waals surface area contributed by atoms with E-state index in [2.05, 4.69) is 20.4 Å². The van der Waals surface area contributed by atoms with Crippen molar-refractivity contribution in [1.29, 1.82) is 0 Å². The van der Waals surface area contributed by atoms with Crippen molar-refractivity contribution in [3.8, 4) is 0 Å². The number of aliphatic hydroxyl groups is 5. The van der Waals surface area contributed by atoms with Gasteiger partial charge in [0.05, 0.1) is 36.6 Å². The van der Waals surface area contributed by atoms with E-state index in [1.807, 2.05) is 45.9 Å². The highest BCUT2D eigenvalue weighted by Crippen LogP contribution is 2.68. The Morgan fingerprint density at radius 1 is 0.839 bits per heavy atom. The minimum Gasteiger partial charge on any atom is -0.458 e. The SMILES string of the molecule is C=CC[C@@H]1/C=C(\C)C[C@H](C)C[C@H](OC)[C@H]2O[C@@](O)(C(=O)C(=O)N3CCCC[C@H]3C(=O)O[C@H](/C(C)=C/[C@@H]3CC[C@@H](O)[C@H](OC)C3)[C@H](C)[C@@H](O)CC1=O)[C@H](C)C[C@@H]2OC.CC(=O)OCC(=O)[C@@]1(O)CC[C@H]2[C@@H]3C[C@H](C)C4=CC(=O)C=C[C@]4(C)[C@H]3[C@@H](O)C[C@@]21C. The van der Waals surface area contributed by atoms with Gasteiger partial charge in [0.25, 0.3) is 11.7 Å². The molecular formula is C68H101NO18. The number of carbonyl (C=O) groups is 7. The Bertz CT molecular complexity index is 2680. The molecule has 5 aliphatic carbocycles. The molecule has 0 unspecified atom stereocenters. The van der Waals surface area contributed by atoms with Crippen LogP contribution in [-0.4, -0.2) is 172 Å². The van der Waals surface area contributed by atoms with Crippen LogP contribution >= 0.6 is 0 Å². The Kier molecular flexibility index (Phi) is 23.1. The average Bonchev–Trinajstić information content (AvgIpc) is 1.67. The lowest BCUT2D eigenvalue weighted by molar-refractivity contribution is -0.302. The quantitative estimate of drug-likeness (QED) is 0.0835. The first-order chi connectivity index (χ1) is 40.9. The third kappa shape index (κ3) is 14.5. The van der Waals surface area contributed by atoms with E-state index in [4.69, 9.17) is 28.4 Å². The Hall–Kier alpha value is -4.57. The molecule has 0 spiro atoms. The minimum atomic E-state index is -2.51. The summed E-state index contributed by atoms with van der Waals surface area (Å²) < 4.78 is 34.6. The van der Waals surface area contributed by atoms with Gasteiger partial charge in [0.15, 0.2) is 12.4 Å². The maximum Gasteiger partial charge on any atom is 0.329 e. The predicted octanol–water partition coefficient (Wildman–Crippen LogP) is 7.01. The predicted molar refractivity (Wildman–Crippen MR) is 322 cm³/mol. The number of fused-ring (bicyclic) bond motifs is 8. The monoisotopic (exact) mass is 1220 g/mol. The number of allylic oxidation sites excluding steroid dienone is 8. The minimum absolute atomic E-state index is 0.00535. The van der Waals surface area contributed by atoms with Crippen LogP contribution in [0.25, 0.3) is 0 Å². The number of aliphatic hydroxyl groups excluding tert-OH is 3. The van der Waals surface area contributed by atoms with Crippen LogP contribution in [-0.2, 0) is 62.0 Å². The van der Waals surface area contributed by atoms with E-state index in [-0.39, 0.29) is 79.0 Å². The molecule has 5 N–H and O–H groups in total. The number of ether oxygens (including phenoxy) is 6. The van der Waals surface area contributed by atoms with E-state index in [1.165, 1.54) is 26.0 Å². The number of esters is 2. The van der Waals surface area contributed by atoms with E-state index >= 15 is 0 Å². The van der Waals surface area contributed by atoms with Gasteiger partial charge in [0.2, 0.25) is 11.6 Å². The van der Waals surface area contributed by atoms with E-state index in [9.17, 15) is 59.1 Å². The molecule has 22 atom stereocenters. The van der Waals surface area contributed by atoms with Crippen LogP contribution in [0.5, 0.6) is 0 Å². The van der Waals surface area contributed by atoms with Gasteiger partial charge in [-0.05, 0) is 151 Å². The Morgan fingerprint density at radius 3 is 2.17 bits per heavy atom. The van der Waals surface area contributed by atoms with Gasteiger partial charge >= 0.3 is 11.9 Å². The number of methoxy groups -OCH3 is 3. The summed E-state index contributed by atoms with van der Waals surface area (Å²) in [5, 5.41) is 57.0. The first-order valence-corrected chi connectivity index (χ1v) is 31.8. The zero-order valence-electron chi connectivity index (χ0n) is 53.6. The largest absolute Gasteiger partial charge is 0.458 e. The fourth-order valence-electron chi connectivity index (χ4n) is 16.9. The summed E-state index contributed by atoms with van der Waals surface area (Å²) in [6.07, 6.45) is 11.6. The number of hydrogen-bond donors (Lipinski definition) is 5. The van der Waals surface area contributed by atoms with Crippen molar-refractivity contribution in [3.05, 3.63) is 59.8 Å². The second kappa shape index (κ2) is 28.7. The van der Waals surface area contributed by atoms with Crippen LogP contribution in [0, 0.1) is 64.1 Å². The molecule has 8 aliphatic rings. The molecule has 0 aromatic carbocycles. The van der Waals surface area contributed by atoms with E-state index in [0.29, 0.717) is 76.2 Å². The molecule has 486 valence electrons. The number of amides is 1. The van der Waals surface area contributed by atoms with Crippen LogP contribution in [0.3, 0.4) is 0 Å². The molecule has 19 nitrogen and oxygen atoms in total. The number of nitrogens with zero attached hydrogens (tertiary/aromatic N) is 1. The zero-order valence-corrected chi connectivity index (χ0v) is 53.6. The number of carbonyl (C=O) groups excluding carboxylic acids is 7. The second-order valence-electron chi connectivity index (χ2n) is 27.6. The molecule has 3 aliphatic heterocycles. The van der Waals surface area contributed by atoms with Crippen molar-refractivity contribution in [2.24, 2.45) is 64.1 Å². The first kappa shape index (κ1) is 69.9. The molecule has 0 radical (unpaired) electrons. The number of piperidine rings is 1. The van der Waals surface area contributed by atoms with Gasteiger partial charge in [-0.25, -0.2) is 4.79 Å². The highest BCUT2D eigenvalue weighted by Gasteiger charge is 2.69. The maximum atomic E-state index is 14.3. The highest BCUT2D eigenvalue weighted by atomic mass is 16.7. The van der Waals surface area contributed by atoms with Crippen LogP contribution in [0.15, 0.2) is 59.8 Å². The van der Waals surface area contributed by atoms with Crippen LogP contribution in [0.2, 0.25) is 0 Å². The third-order valence-corrected chi connectivity index (χ3v) is 21.7. The molecule has 19 heteroatoms. The van der Waals surface area contributed by atoms with Gasteiger partial charge in [-0.1, -0.05) is 77.0 Å². The standard InChI is InChI=1S/C44H69NO12.C24H32O6/c1-10-13-31-19-25(2)18-26(3)20-37(54-8)40-38(55-9)22-28(5)44(52,57-40)41(49)42(50)45-17-12-11-14-32(45)43(51)56-39(29(6)34(47)24-35(31)48)27(4)21-30-15-16-33(46)36(23-30)53-7;1-13-9-16-17-6-8-24(29,20(28)12-30-14(2)25)23(17,4)11-19(27)21(16)22(3)7-5-15(26)10-18(13)22/h10,19,21,26,28-34,36-40,46-47,52H,1,11-18,20,22-24H2,2-9H3;5,7,10,13,16-17,19,21,27,29H,6,8-9,11-12H2,1-4H3/b25-19+,27-21+;/t26-,28+,29+,30-,31+,32-,33+,34-,36+,37-,38-,39+,40+,44+;13-,16-,17-,19-,21+,22-,23-,24-/m00/s1. The Labute approximate surface area is 514 Å². The number of Topliss-reactive ketones (excluding diaryl/α,β-unsaturated/α-hetero) is 3. The highest BCUT2D eigenvalue weighted by molar-refractivity contribution is 6.39. The van der Waals surface area contributed by atoms with Crippen molar-refractivity contribution in [2.75, 3.05) is 34.5 Å². The normalized spacial score (nSPS) is 43.1. The number of ketones is 4. The number of rotatable bonds is 10. The van der Waals surface area contributed by atoms with Gasteiger partial charge in [-0.2, -0.15) is 0 Å². The third-order valence-electron chi connectivity index (χ3n) is 21.7. The van der Waals surface area contributed by atoms with Gasteiger partial charge in [-0.15, -0.1) is 6.58 Å². The molecule has 3 heterocycles. The topological polar surface area (TPSA) is 279 Å². The summed E-state index contributed by atoms with van der Waals surface area (Å²) >= 11 is 0. The summed E-state index contributed by atoms with van der Waals surface area (Å²) in [7, 11) is 4.61. The summed E-state index contributed by atoms with van der Waals surface area (Å²) in [4.78, 5) is 93.9. The summed E-state index contributed by atoms with van der Waals surface area (Å²) in [6.45, 7) is 20.1. The van der Waals surface area contributed by atoms with Gasteiger partial charge in [0, 0.05) is 75.7 Å². The fourth-order valence-corrected chi connectivity index (χ4v) is 16.9. The second-order valence-corrected chi connectivity index (χ2v) is 27.6. The van der Waals surface area contributed by atoms with Crippen molar-refractivity contribution in [2.45, 2.75) is 225 Å². The Morgan fingerprint density at radius 2 is 1.52 bits per heavy atom. The van der Waals surface area contributed by atoms with Crippen molar-refractivity contribution in [1.82, 2.24) is 4.90 Å². The van der Waals surface area contributed by atoms with E-state index < -0.39 is 125 Å². The summed E-state index contributed by atoms with van der Waals surface area (Å²) in [5.41, 5.74) is -0.107. The van der Waals surface area contributed by atoms with Crippen LogP contribution < -0.4 is 0 Å². The molecule has 1 amide bonds. The molecule has 2 saturated heterocycles. The summed E-state index contributed by atoms with van der Waals surface area (Å²) in [6, 6.07) is -1.14. The lowest BCUT2D eigenvalue weighted by Crippen LogP contribution is -2.64. The van der Waals surface area contributed by atoms with Crippen LogP contribution in [0.4, 0.5) is 0 Å². The van der Waals surface area contributed by atoms with Gasteiger partial charge in [-0.3, -0.25) is 28.8 Å². The molecule has 2 bridgehead atoms.